The van der Waals surface area contributed by atoms with Gasteiger partial charge in [0, 0.05) is 23.4 Å². The van der Waals surface area contributed by atoms with Crippen molar-refractivity contribution in [3.05, 3.63) is 83.4 Å². The van der Waals surface area contributed by atoms with Gasteiger partial charge in [-0.1, -0.05) is 42.5 Å². The van der Waals surface area contributed by atoms with Crippen molar-refractivity contribution in [3.8, 4) is 11.1 Å². The Morgan fingerprint density at radius 1 is 1.00 bits per heavy atom. The van der Waals surface area contributed by atoms with E-state index in [0.717, 1.165) is 34.0 Å². The van der Waals surface area contributed by atoms with Crippen molar-refractivity contribution >= 4 is 11.5 Å². The summed E-state index contributed by atoms with van der Waals surface area (Å²) in [4.78, 5) is 4.70. The van der Waals surface area contributed by atoms with E-state index in [1.165, 1.54) is 17.7 Å². The zero-order valence-corrected chi connectivity index (χ0v) is 15.6. The smallest absolute Gasteiger partial charge is 0.165 e. The van der Waals surface area contributed by atoms with E-state index in [1.54, 1.807) is 12.1 Å². The van der Waals surface area contributed by atoms with E-state index >= 15 is 0 Å². The third-order valence-electron chi connectivity index (χ3n) is 4.69. The summed E-state index contributed by atoms with van der Waals surface area (Å²) < 4.78 is 15.2. The summed E-state index contributed by atoms with van der Waals surface area (Å²) in [6.45, 7) is 6.04. The average Bonchev–Trinajstić information content (AvgIpc) is 2.99. The first kappa shape index (κ1) is 17.2. The number of fused-ring (bicyclic) bond motifs is 1. The van der Waals surface area contributed by atoms with Crippen molar-refractivity contribution in [1.82, 2.24) is 14.6 Å². The van der Waals surface area contributed by atoms with E-state index in [2.05, 4.69) is 24.4 Å². The number of nitrogens with one attached hydrogen (secondary N) is 1. The zero-order chi connectivity index (χ0) is 19.0. The number of nitrogens with zero attached hydrogens (tertiary/aromatic N) is 3. The number of halogens is 1. The number of aryl methyl sites for hydroxylation is 2. The molecule has 4 rings (SSSR count). The van der Waals surface area contributed by atoms with E-state index < -0.39 is 0 Å². The SMILES string of the molecule is Cc1cc(NC(C)c2ccccc2)n2nc(C)c(-c3ccc(F)cc3)c2n1. The molecule has 0 bridgehead atoms. The highest BCUT2D eigenvalue weighted by Crippen LogP contribution is 2.30. The summed E-state index contributed by atoms with van der Waals surface area (Å²) in [5.41, 5.74) is 5.55. The Balaban J connectivity index is 1.81. The first-order valence-corrected chi connectivity index (χ1v) is 8.97. The van der Waals surface area contributed by atoms with Gasteiger partial charge in [0.05, 0.1) is 5.69 Å². The molecule has 1 N–H and O–H groups in total. The quantitative estimate of drug-likeness (QED) is 0.535. The molecule has 136 valence electrons. The second kappa shape index (κ2) is 6.83. The summed E-state index contributed by atoms with van der Waals surface area (Å²) in [6, 6.07) is 18.8. The van der Waals surface area contributed by atoms with Gasteiger partial charge in [0.2, 0.25) is 0 Å². The summed E-state index contributed by atoms with van der Waals surface area (Å²) in [7, 11) is 0. The van der Waals surface area contributed by atoms with E-state index in [9.17, 15) is 4.39 Å². The third kappa shape index (κ3) is 3.28. The van der Waals surface area contributed by atoms with Crippen molar-refractivity contribution in [2.45, 2.75) is 26.8 Å². The molecule has 4 aromatic rings. The first-order chi connectivity index (χ1) is 13.0. The molecular formula is C22H21FN4. The molecule has 0 aliphatic carbocycles. The van der Waals surface area contributed by atoms with Crippen LogP contribution in [-0.2, 0) is 0 Å². The number of hydrogen-bond donors (Lipinski definition) is 1. The van der Waals surface area contributed by atoms with Crippen molar-refractivity contribution in [2.24, 2.45) is 0 Å². The molecule has 0 saturated heterocycles. The van der Waals surface area contributed by atoms with Gasteiger partial charge >= 0.3 is 0 Å². The Bertz CT molecular complexity index is 1080. The summed E-state index contributed by atoms with van der Waals surface area (Å²) in [6.07, 6.45) is 0. The largest absolute Gasteiger partial charge is 0.363 e. The van der Waals surface area contributed by atoms with Crippen LogP contribution >= 0.6 is 0 Å². The molecular weight excluding hydrogens is 339 g/mol. The Hall–Kier alpha value is -3.21. The van der Waals surface area contributed by atoms with Gasteiger partial charge in [-0.3, -0.25) is 0 Å². The van der Waals surface area contributed by atoms with Crippen LogP contribution in [0.25, 0.3) is 16.8 Å². The van der Waals surface area contributed by atoms with Gasteiger partial charge in [-0.05, 0) is 44.0 Å². The minimum Gasteiger partial charge on any atom is -0.363 e. The Morgan fingerprint density at radius 3 is 2.41 bits per heavy atom. The van der Waals surface area contributed by atoms with E-state index in [-0.39, 0.29) is 11.9 Å². The minimum absolute atomic E-state index is 0.120. The molecule has 27 heavy (non-hydrogen) atoms. The molecule has 1 unspecified atom stereocenters. The normalized spacial score (nSPS) is 12.3. The predicted octanol–water partition coefficient (Wildman–Crippen LogP) is 5.33. The Kier molecular flexibility index (Phi) is 4.36. The molecule has 0 radical (unpaired) electrons. The second-order valence-electron chi connectivity index (χ2n) is 6.76. The van der Waals surface area contributed by atoms with Crippen LogP contribution in [0.4, 0.5) is 10.2 Å². The van der Waals surface area contributed by atoms with Crippen LogP contribution in [-0.4, -0.2) is 14.6 Å². The van der Waals surface area contributed by atoms with Crippen LogP contribution in [0, 0.1) is 19.7 Å². The van der Waals surface area contributed by atoms with Gasteiger partial charge in [-0.2, -0.15) is 9.61 Å². The highest BCUT2D eigenvalue weighted by atomic mass is 19.1. The lowest BCUT2D eigenvalue weighted by Gasteiger charge is -2.17. The molecule has 2 aromatic carbocycles. The molecule has 0 amide bonds. The van der Waals surface area contributed by atoms with E-state index in [0.29, 0.717) is 0 Å². The zero-order valence-electron chi connectivity index (χ0n) is 15.6. The Morgan fingerprint density at radius 2 is 1.70 bits per heavy atom. The molecule has 4 nitrogen and oxygen atoms in total. The number of anilines is 1. The highest BCUT2D eigenvalue weighted by molar-refractivity contribution is 5.81. The van der Waals surface area contributed by atoms with Crippen molar-refractivity contribution in [3.63, 3.8) is 0 Å². The van der Waals surface area contributed by atoms with Crippen LogP contribution in [0.3, 0.4) is 0 Å². The van der Waals surface area contributed by atoms with E-state index in [4.69, 9.17) is 10.1 Å². The average molecular weight is 360 g/mol. The lowest BCUT2D eigenvalue weighted by Crippen LogP contribution is -2.11. The minimum atomic E-state index is -0.254. The van der Waals surface area contributed by atoms with Gasteiger partial charge in [-0.25, -0.2) is 9.37 Å². The number of benzene rings is 2. The second-order valence-corrected chi connectivity index (χ2v) is 6.76. The lowest BCUT2D eigenvalue weighted by atomic mass is 10.1. The van der Waals surface area contributed by atoms with Gasteiger partial charge in [0.15, 0.2) is 5.65 Å². The molecule has 5 heteroatoms. The van der Waals surface area contributed by atoms with Gasteiger partial charge in [0.25, 0.3) is 0 Å². The molecule has 1 atom stereocenters. The molecule has 2 aromatic heterocycles. The van der Waals surface area contributed by atoms with Crippen LogP contribution < -0.4 is 5.32 Å². The molecule has 0 spiro atoms. The third-order valence-corrected chi connectivity index (χ3v) is 4.69. The molecule has 0 fully saturated rings. The lowest BCUT2D eigenvalue weighted by molar-refractivity contribution is 0.628. The molecule has 0 aliphatic rings. The van der Waals surface area contributed by atoms with Gasteiger partial charge in [0.1, 0.15) is 11.6 Å². The van der Waals surface area contributed by atoms with Crippen LogP contribution in [0.1, 0.15) is 29.9 Å². The van der Waals surface area contributed by atoms with Crippen LogP contribution in [0.2, 0.25) is 0 Å². The summed E-state index contributed by atoms with van der Waals surface area (Å²) >= 11 is 0. The topological polar surface area (TPSA) is 42.2 Å². The van der Waals surface area contributed by atoms with E-state index in [1.807, 2.05) is 42.6 Å². The van der Waals surface area contributed by atoms with Crippen LogP contribution in [0.15, 0.2) is 60.7 Å². The number of rotatable bonds is 4. The van der Waals surface area contributed by atoms with Crippen molar-refractivity contribution in [1.29, 1.82) is 0 Å². The van der Waals surface area contributed by atoms with Crippen molar-refractivity contribution in [2.75, 3.05) is 5.32 Å². The maximum atomic E-state index is 13.3. The molecule has 2 heterocycles. The van der Waals surface area contributed by atoms with Gasteiger partial charge < -0.3 is 5.32 Å². The Labute approximate surface area is 157 Å². The van der Waals surface area contributed by atoms with Gasteiger partial charge in [-0.15, -0.1) is 0 Å². The standard InChI is InChI=1S/C22H21FN4/c1-14-13-20(25-15(2)17-7-5-4-6-8-17)27-22(24-14)21(16(3)26-27)18-9-11-19(23)12-10-18/h4-13,15,25H,1-3H3. The number of hydrogen-bond acceptors (Lipinski definition) is 3. The summed E-state index contributed by atoms with van der Waals surface area (Å²) in [5, 5.41) is 8.24. The maximum absolute atomic E-state index is 13.3. The first-order valence-electron chi connectivity index (χ1n) is 8.97. The predicted molar refractivity (Wildman–Crippen MR) is 106 cm³/mol. The highest BCUT2D eigenvalue weighted by Gasteiger charge is 2.17. The van der Waals surface area contributed by atoms with Crippen molar-refractivity contribution < 1.29 is 4.39 Å². The number of aromatic nitrogens is 3. The maximum Gasteiger partial charge on any atom is 0.165 e. The fraction of sp³-hybridized carbons (Fsp3) is 0.182. The fourth-order valence-electron chi connectivity index (χ4n) is 3.35. The fourth-order valence-corrected chi connectivity index (χ4v) is 3.35. The molecule has 0 aliphatic heterocycles. The van der Waals surface area contributed by atoms with Crippen LogP contribution in [0.5, 0.6) is 0 Å². The molecule has 0 saturated carbocycles. The monoisotopic (exact) mass is 360 g/mol. The summed E-state index contributed by atoms with van der Waals surface area (Å²) in [5.74, 6) is 0.626.